The first-order valence-electron chi connectivity index (χ1n) is 5.05. The van der Waals surface area contributed by atoms with Gasteiger partial charge in [0.15, 0.2) is 5.11 Å². The van der Waals surface area contributed by atoms with E-state index in [-0.39, 0.29) is 11.0 Å². The van der Waals surface area contributed by atoms with Gasteiger partial charge in [0.05, 0.1) is 11.8 Å². The number of amides is 1. The summed E-state index contributed by atoms with van der Waals surface area (Å²) in [4.78, 5) is 11.7. The molecular formula is C12H9BrN2O2S. The van der Waals surface area contributed by atoms with Crippen LogP contribution in [0.15, 0.2) is 51.7 Å². The monoisotopic (exact) mass is 324 g/mol. The van der Waals surface area contributed by atoms with Crippen molar-refractivity contribution < 1.29 is 9.21 Å². The highest BCUT2D eigenvalue weighted by molar-refractivity contribution is 9.10. The van der Waals surface area contributed by atoms with Crippen LogP contribution in [0.25, 0.3) is 0 Å². The largest absolute Gasteiger partial charge is 0.472 e. The molecule has 0 saturated heterocycles. The van der Waals surface area contributed by atoms with Gasteiger partial charge in [0.25, 0.3) is 5.91 Å². The fourth-order valence-corrected chi connectivity index (χ4v) is 1.74. The minimum absolute atomic E-state index is 0.239. The summed E-state index contributed by atoms with van der Waals surface area (Å²) in [5.41, 5.74) is 1.23. The lowest BCUT2D eigenvalue weighted by atomic mass is 10.3. The molecule has 0 aliphatic rings. The van der Waals surface area contributed by atoms with Gasteiger partial charge in [-0.2, -0.15) is 0 Å². The Bertz CT molecular complexity index is 552. The van der Waals surface area contributed by atoms with E-state index in [1.807, 2.05) is 24.3 Å². The number of carbonyl (C=O) groups is 1. The van der Waals surface area contributed by atoms with E-state index in [4.69, 9.17) is 16.6 Å². The fraction of sp³-hybridized carbons (Fsp3) is 0. The molecule has 0 spiro atoms. The SMILES string of the molecule is O=C(NC(=S)Nc1ccc(Br)cc1)c1ccoc1. The van der Waals surface area contributed by atoms with Crippen molar-refractivity contribution in [2.24, 2.45) is 0 Å². The Morgan fingerprint density at radius 1 is 1.22 bits per heavy atom. The summed E-state index contributed by atoms with van der Waals surface area (Å²) in [5, 5.41) is 5.70. The van der Waals surface area contributed by atoms with Crippen LogP contribution < -0.4 is 10.6 Å². The van der Waals surface area contributed by atoms with E-state index in [9.17, 15) is 4.79 Å². The summed E-state index contributed by atoms with van der Waals surface area (Å²) in [6.07, 6.45) is 2.79. The number of nitrogens with one attached hydrogen (secondary N) is 2. The lowest BCUT2D eigenvalue weighted by Gasteiger charge is -2.08. The van der Waals surface area contributed by atoms with Gasteiger partial charge in [0.1, 0.15) is 6.26 Å². The quantitative estimate of drug-likeness (QED) is 0.833. The molecule has 1 aromatic heterocycles. The Hall–Kier alpha value is -1.66. The van der Waals surface area contributed by atoms with Gasteiger partial charge in [0.2, 0.25) is 0 Å². The van der Waals surface area contributed by atoms with E-state index in [0.717, 1.165) is 10.2 Å². The van der Waals surface area contributed by atoms with Crippen molar-refractivity contribution in [2.75, 3.05) is 5.32 Å². The Morgan fingerprint density at radius 3 is 2.56 bits per heavy atom. The lowest BCUT2D eigenvalue weighted by molar-refractivity contribution is 0.0977. The molecule has 0 bridgehead atoms. The fourth-order valence-electron chi connectivity index (χ4n) is 1.26. The third kappa shape index (κ3) is 3.41. The molecule has 92 valence electrons. The molecule has 1 amide bonds. The predicted octanol–water partition coefficient (Wildman–Crippen LogP) is 3.17. The molecule has 2 aromatic rings. The maximum absolute atomic E-state index is 11.7. The van der Waals surface area contributed by atoms with Gasteiger partial charge in [-0.1, -0.05) is 15.9 Å². The van der Waals surface area contributed by atoms with Crippen LogP contribution in [0.4, 0.5) is 5.69 Å². The number of rotatable bonds is 2. The summed E-state index contributed by atoms with van der Waals surface area (Å²) in [6, 6.07) is 9.02. The van der Waals surface area contributed by atoms with Crippen LogP contribution in [0.1, 0.15) is 10.4 Å². The third-order valence-corrected chi connectivity index (χ3v) is 2.85. The van der Waals surface area contributed by atoms with Crippen LogP contribution in [-0.2, 0) is 0 Å². The molecule has 0 saturated carbocycles. The average molecular weight is 325 g/mol. The van der Waals surface area contributed by atoms with Crippen LogP contribution in [0.5, 0.6) is 0 Å². The maximum atomic E-state index is 11.7. The topological polar surface area (TPSA) is 54.3 Å². The van der Waals surface area contributed by atoms with Gasteiger partial charge in [0, 0.05) is 10.2 Å². The van der Waals surface area contributed by atoms with E-state index in [2.05, 4.69) is 26.6 Å². The zero-order valence-corrected chi connectivity index (χ0v) is 11.5. The first kappa shape index (κ1) is 12.8. The second-order valence-electron chi connectivity index (χ2n) is 3.43. The highest BCUT2D eigenvalue weighted by atomic mass is 79.9. The molecule has 0 radical (unpaired) electrons. The molecule has 1 heterocycles. The number of furan rings is 1. The molecule has 0 unspecified atom stereocenters. The van der Waals surface area contributed by atoms with E-state index in [1.165, 1.54) is 12.5 Å². The molecule has 0 aliphatic carbocycles. The smallest absolute Gasteiger partial charge is 0.260 e. The van der Waals surface area contributed by atoms with Crippen LogP contribution in [0.3, 0.4) is 0 Å². The van der Waals surface area contributed by atoms with Crippen molar-refractivity contribution >= 4 is 44.9 Å². The number of carbonyl (C=O) groups excluding carboxylic acids is 1. The van der Waals surface area contributed by atoms with Gasteiger partial charge in [-0.25, -0.2) is 0 Å². The molecule has 4 nitrogen and oxygen atoms in total. The molecule has 0 atom stereocenters. The normalized spacial score (nSPS) is 9.83. The van der Waals surface area contributed by atoms with Crippen molar-refractivity contribution in [3.8, 4) is 0 Å². The number of hydrogen-bond acceptors (Lipinski definition) is 3. The van der Waals surface area contributed by atoms with E-state index in [1.54, 1.807) is 6.07 Å². The standard InChI is InChI=1S/C12H9BrN2O2S/c13-9-1-3-10(4-2-9)14-12(18)15-11(16)8-5-6-17-7-8/h1-7H,(H2,14,15,16,18). The Kier molecular flexibility index (Phi) is 4.11. The van der Waals surface area contributed by atoms with Crippen LogP contribution in [-0.4, -0.2) is 11.0 Å². The summed E-state index contributed by atoms with van der Waals surface area (Å²) in [6.45, 7) is 0. The van der Waals surface area contributed by atoms with Crippen LogP contribution in [0.2, 0.25) is 0 Å². The minimum atomic E-state index is -0.307. The number of halogens is 1. The molecule has 2 rings (SSSR count). The molecule has 1 aromatic carbocycles. The second kappa shape index (κ2) is 5.79. The zero-order valence-electron chi connectivity index (χ0n) is 9.14. The highest BCUT2D eigenvalue weighted by Crippen LogP contribution is 2.13. The van der Waals surface area contributed by atoms with E-state index >= 15 is 0 Å². The number of anilines is 1. The average Bonchev–Trinajstić information content (AvgIpc) is 2.85. The van der Waals surface area contributed by atoms with Gasteiger partial charge >= 0.3 is 0 Å². The Labute approximate surface area is 118 Å². The molecule has 6 heteroatoms. The first-order chi connectivity index (χ1) is 8.65. The van der Waals surface area contributed by atoms with Crippen molar-refractivity contribution in [2.45, 2.75) is 0 Å². The summed E-state index contributed by atoms with van der Waals surface area (Å²) in [5.74, 6) is -0.307. The van der Waals surface area contributed by atoms with E-state index in [0.29, 0.717) is 5.56 Å². The lowest BCUT2D eigenvalue weighted by Crippen LogP contribution is -2.33. The van der Waals surface area contributed by atoms with Crippen molar-refractivity contribution in [1.29, 1.82) is 0 Å². The number of benzene rings is 1. The van der Waals surface area contributed by atoms with Crippen LogP contribution >= 0.6 is 28.1 Å². The maximum Gasteiger partial charge on any atom is 0.260 e. The Morgan fingerprint density at radius 2 is 1.94 bits per heavy atom. The van der Waals surface area contributed by atoms with E-state index < -0.39 is 0 Å². The molecule has 0 aliphatic heterocycles. The van der Waals surface area contributed by atoms with Gasteiger partial charge in [-0.05, 0) is 42.5 Å². The molecule has 0 fully saturated rings. The van der Waals surface area contributed by atoms with Crippen molar-refractivity contribution in [3.63, 3.8) is 0 Å². The second-order valence-corrected chi connectivity index (χ2v) is 4.75. The summed E-state index contributed by atoms with van der Waals surface area (Å²) in [7, 11) is 0. The third-order valence-electron chi connectivity index (χ3n) is 2.11. The molecule has 2 N–H and O–H groups in total. The number of thiocarbonyl (C=S) groups is 1. The Balaban J connectivity index is 1.93. The first-order valence-corrected chi connectivity index (χ1v) is 6.25. The van der Waals surface area contributed by atoms with Gasteiger partial charge < -0.3 is 9.73 Å². The molecule has 18 heavy (non-hydrogen) atoms. The molecular weight excluding hydrogens is 316 g/mol. The minimum Gasteiger partial charge on any atom is -0.472 e. The van der Waals surface area contributed by atoms with Gasteiger partial charge in [-0.3, -0.25) is 10.1 Å². The number of hydrogen-bond donors (Lipinski definition) is 2. The summed E-state index contributed by atoms with van der Waals surface area (Å²) >= 11 is 8.37. The zero-order chi connectivity index (χ0) is 13.0. The van der Waals surface area contributed by atoms with Gasteiger partial charge in [-0.15, -0.1) is 0 Å². The summed E-state index contributed by atoms with van der Waals surface area (Å²) < 4.78 is 5.79. The van der Waals surface area contributed by atoms with Crippen molar-refractivity contribution in [1.82, 2.24) is 5.32 Å². The highest BCUT2D eigenvalue weighted by Gasteiger charge is 2.08. The van der Waals surface area contributed by atoms with Crippen LogP contribution in [0, 0.1) is 0 Å². The van der Waals surface area contributed by atoms with Crippen molar-refractivity contribution in [3.05, 3.63) is 52.9 Å². The predicted molar refractivity (Wildman–Crippen MR) is 76.5 cm³/mol.